The second-order valence-corrected chi connectivity index (χ2v) is 4.43. The molecule has 0 bridgehead atoms. The zero-order chi connectivity index (χ0) is 10.3. The van der Waals surface area contributed by atoms with Crippen molar-refractivity contribution in [3.05, 3.63) is 23.9 Å². The van der Waals surface area contributed by atoms with Gasteiger partial charge in [-0.1, -0.05) is 18.9 Å². The lowest BCUT2D eigenvalue weighted by atomic mass is 9.73. The summed E-state index contributed by atoms with van der Waals surface area (Å²) in [6.45, 7) is 0. The molecule has 1 amide bonds. The van der Waals surface area contributed by atoms with Crippen LogP contribution in [0.15, 0.2) is 18.3 Å². The number of fused-ring (bicyclic) bond motifs is 3. The molecule has 0 aromatic carbocycles. The lowest BCUT2D eigenvalue weighted by Crippen LogP contribution is -2.35. The van der Waals surface area contributed by atoms with Crippen LogP contribution in [0.2, 0.25) is 0 Å². The van der Waals surface area contributed by atoms with Gasteiger partial charge in [0.05, 0.1) is 0 Å². The molecule has 2 unspecified atom stereocenters. The molecule has 1 aromatic rings. The van der Waals surface area contributed by atoms with Gasteiger partial charge >= 0.3 is 0 Å². The maximum atomic E-state index is 11.8. The van der Waals surface area contributed by atoms with Crippen molar-refractivity contribution in [1.29, 1.82) is 0 Å². The Labute approximate surface area is 88.9 Å². The highest BCUT2D eigenvalue weighted by molar-refractivity contribution is 5.95. The Morgan fingerprint density at radius 2 is 2.07 bits per heavy atom. The molecule has 2 heterocycles. The second-order valence-electron chi connectivity index (χ2n) is 4.43. The van der Waals surface area contributed by atoms with E-state index in [9.17, 15) is 4.79 Å². The minimum Gasteiger partial charge on any atom is -0.310 e. The van der Waals surface area contributed by atoms with E-state index in [2.05, 4.69) is 16.4 Å². The molecule has 3 nitrogen and oxygen atoms in total. The Bertz CT molecular complexity index is 402. The van der Waals surface area contributed by atoms with Gasteiger partial charge in [0.25, 0.3) is 0 Å². The summed E-state index contributed by atoms with van der Waals surface area (Å²) in [5.41, 5.74) is 1.24. The Morgan fingerprint density at radius 3 is 2.93 bits per heavy atom. The average Bonchev–Trinajstić information content (AvgIpc) is 2.30. The Balaban J connectivity index is 2.06. The van der Waals surface area contributed by atoms with E-state index in [1.165, 1.54) is 18.4 Å². The summed E-state index contributed by atoms with van der Waals surface area (Å²) >= 11 is 0. The molecule has 1 aliphatic heterocycles. The van der Waals surface area contributed by atoms with Gasteiger partial charge in [0, 0.05) is 12.1 Å². The molecular formula is C12H14N2O. The molecule has 2 aliphatic rings. The number of aromatic nitrogens is 1. The number of carbonyl (C=O) groups excluding carboxylic acids is 1. The Kier molecular flexibility index (Phi) is 1.97. The van der Waals surface area contributed by atoms with Crippen molar-refractivity contribution in [2.24, 2.45) is 5.92 Å². The smallest absolute Gasteiger partial charge is 0.229 e. The molecule has 3 rings (SSSR count). The van der Waals surface area contributed by atoms with Crippen LogP contribution >= 0.6 is 0 Å². The molecule has 0 spiro atoms. The first kappa shape index (κ1) is 8.89. The number of pyridine rings is 1. The van der Waals surface area contributed by atoms with Gasteiger partial charge in [0.15, 0.2) is 0 Å². The van der Waals surface area contributed by atoms with Crippen LogP contribution in [0.1, 0.15) is 37.2 Å². The van der Waals surface area contributed by atoms with Crippen molar-refractivity contribution in [2.45, 2.75) is 31.6 Å². The summed E-state index contributed by atoms with van der Waals surface area (Å²) in [7, 11) is 0. The summed E-state index contributed by atoms with van der Waals surface area (Å²) in [5.74, 6) is 1.56. The summed E-state index contributed by atoms with van der Waals surface area (Å²) < 4.78 is 0. The fraction of sp³-hybridized carbons (Fsp3) is 0.500. The van der Waals surface area contributed by atoms with Crippen LogP contribution in [0.25, 0.3) is 0 Å². The lowest BCUT2D eigenvalue weighted by Gasteiger charge is -2.35. The maximum absolute atomic E-state index is 11.8. The van der Waals surface area contributed by atoms with E-state index in [4.69, 9.17) is 0 Å². The van der Waals surface area contributed by atoms with E-state index in [0.717, 1.165) is 18.7 Å². The number of carbonyl (C=O) groups is 1. The van der Waals surface area contributed by atoms with E-state index >= 15 is 0 Å². The molecule has 78 valence electrons. The molecule has 2 atom stereocenters. The first-order chi connectivity index (χ1) is 7.36. The highest BCUT2D eigenvalue weighted by Crippen LogP contribution is 2.43. The minimum absolute atomic E-state index is 0.172. The van der Waals surface area contributed by atoms with Gasteiger partial charge in [-0.25, -0.2) is 4.98 Å². The number of amides is 1. The third-order valence-corrected chi connectivity index (χ3v) is 3.58. The van der Waals surface area contributed by atoms with E-state index in [1.807, 2.05) is 6.07 Å². The molecule has 1 saturated carbocycles. The first-order valence-corrected chi connectivity index (χ1v) is 5.62. The molecule has 15 heavy (non-hydrogen) atoms. The third-order valence-electron chi connectivity index (χ3n) is 3.58. The normalized spacial score (nSPS) is 28.9. The van der Waals surface area contributed by atoms with Crippen LogP contribution < -0.4 is 5.32 Å². The lowest BCUT2D eigenvalue weighted by molar-refractivity contribution is -0.121. The Hall–Kier alpha value is -1.38. The molecule has 0 radical (unpaired) electrons. The van der Waals surface area contributed by atoms with Gasteiger partial charge in [0.2, 0.25) is 5.91 Å². The highest BCUT2D eigenvalue weighted by atomic mass is 16.2. The van der Waals surface area contributed by atoms with Crippen molar-refractivity contribution in [3.63, 3.8) is 0 Å². The topological polar surface area (TPSA) is 42.0 Å². The summed E-state index contributed by atoms with van der Waals surface area (Å²) in [4.78, 5) is 16.1. The van der Waals surface area contributed by atoms with Gasteiger partial charge in [-0.15, -0.1) is 0 Å². The Morgan fingerprint density at radius 1 is 1.27 bits per heavy atom. The SMILES string of the molecule is O=C1Nc2ncccc2C2CCCCC12. The van der Waals surface area contributed by atoms with Gasteiger partial charge in [-0.2, -0.15) is 0 Å². The predicted molar refractivity (Wildman–Crippen MR) is 57.6 cm³/mol. The zero-order valence-corrected chi connectivity index (χ0v) is 8.57. The predicted octanol–water partition coefficient (Wildman–Crippen LogP) is 2.31. The number of anilines is 1. The second kappa shape index (κ2) is 3.33. The molecule has 3 heteroatoms. The van der Waals surface area contributed by atoms with E-state index < -0.39 is 0 Å². The monoisotopic (exact) mass is 202 g/mol. The zero-order valence-electron chi connectivity index (χ0n) is 8.57. The standard InChI is InChI=1S/C12H14N2O/c15-12-10-5-2-1-4-8(10)9-6-3-7-13-11(9)14-12/h3,6-8,10H,1-2,4-5H2,(H,13,14,15). The van der Waals surface area contributed by atoms with E-state index in [0.29, 0.717) is 5.92 Å². The molecule has 1 aromatic heterocycles. The van der Waals surface area contributed by atoms with Gasteiger partial charge in [0.1, 0.15) is 5.82 Å². The van der Waals surface area contributed by atoms with Crippen molar-refractivity contribution < 1.29 is 4.79 Å². The minimum atomic E-state index is 0.172. The first-order valence-electron chi connectivity index (χ1n) is 5.62. The largest absolute Gasteiger partial charge is 0.310 e. The van der Waals surface area contributed by atoms with Crippen LogP contribution in [0.3, 0.4) is 0 Å². The number of nitrogens with zero attached hydrogens (tertiary/aromatic N) is 1. The molecule has 1 fully saturated rings. The molecule has 1 aliphatic carbocycles. The fourth-order valence-electron chi connectivity index (χ4n) is 2.85. The maximum Gasteiger partial charge on any atom is 0.229 e. The molecular weight excluding hydrogens is 188 g/mol. The van der Waals surface area contributed by atoms with Crippen LogP contribution in [-0.4, -0.2) is 10.9 Å². The van der Waals surface area contributed by atoms with Crippen LogP contribution in [0.5, 0.6) is 0 Å². The van der Waals surface area contributed by atoms with Crippen LogP contribution in [-0.2, 0) is 4.79 Å². The van der Waals surface area contributed by atoms with E-state index in [1.54, 1.807) is 6.20 Å². The summed E-state index contributed by atoms with van der Waals surface area (Å²) in [6.07, 6.45) is 6.33. The number of hydrogen-bond acceptors (Lipinski definition) is 2. The summed E-state index contributed by atoms with van der Waals surface area (Å²) in [5, 5.41) is 2.91. The highest BCUT2D eigenvalue weighted by Gasteiger charge is 2.37. The quantitative estimate of drug-likeness (QED) is 0.701. The number of nitrogens with one attached hydrogen (secondary N) is 1. The van der Waals surface area contributed by atoms with Crippen LogP contribution in [0.4, 0.5) is 5.82 Å². The average molecular weight is 202 g/mol. The third kappa shape index (κ3) is 1.34. The van der Waals surface area contributed by atoms with E-state index in [-0.39, 0.29) is 11.8 Å². The van der Waals surface area contributed by atoms with Crippen molar-refractivity contribution in [1.82, 2.24) is 4.98 Å². The number of rotatable bonds is 0. The van der Waals surface area contributed by atoms with Crippen molar-refractivity contribution in [2.75, 3.05) is 5.32 Å². The molecule has 0 saturated heterocycles. The fourth-order valence-corrected chi connectivity index (χ4v) is 2.85. The van der Waals surface area contributed by atoms with Crippen molar-refractivity contribution in [3.8, 4) is 0 Å². The van der Waals surface area contributed by atoms with Gasteiger partial charge < -0.3 is 5.32 Å². The summed E-state index contributed by atoms with van der Waals surface area (Å²) in [6, 6.07) is 4.06. The van der Waals surface area contributed by atoms with Crippen molar-refractivity contribution >= 4 is 11.7 Å². The van der Waals surface area contributed by atoms with Gasteiger partial charge in [-0.05, 0) is 30.4 Å². The number of hydrogen-bond donors (Lipinski definition) is 1. The van der Waals surface area contributed by atoms with Gasteiger partial charge in [-0.3, -0.25) is 4.79 Å². The molecule has 1 N–H and O–H groups in total. The van der Waals surface area contributed by atoms with Crippen LogP contribution in [0, 0.1) is 5.92 Å².